The van der Waals surface area contributed by atoms with Crippen molar-refractivity contribution in [3.05, 3.63) is 58.1 Å². The van der Waals surface area contributed by atoms with Gasteiger partial charge in [0.1, 0.15) is 11.6 Å². The van der Waals surface area contributed by atoms with E-state index in [1.54, 1.807) is 25.6 Å². The molecule has 0 bridgehead atoms. The summed E-state index contributed by atoms with van der Waals surface area (Å²) in [7, 11) is 1.59. The van der Waals surface area contributed by atoms with E-state index in [9.17, 15) is 4.39 Å². The van der Waals surface area contributed by atoms with Crippen LogP contribution in [0, 0.1) is 5.82 Å². The maximum Gasteiger partial charge on any atom is 0.137 e. The lowest BCUT2D eigenvalue weighted by molar-refractivity contribution is 0.411. The monoisotopic (exact) mass is 352 g/mol. The summed E-state index contributed by atoms with van der Waals surface area (Å²) >= 11 is 3.28. The summed E-state index contributed by atoms with van der Waals surface area (Å²) < 4.78 is 20.2. The Hall–Kier alpha value is -1.46. The van der Waals surface area contributed by atoms with Crippen molar-refractivity contribution in [2.24, 2.45) is 0 Å². The number of ether oxygens (including phenoxy) is 1. The zero-order chi connectivity index (χ0) is 15.2. The van der Waals surface area contributed by atoms with Crippen LogP contribution in [0.2, 0.25) is 0 Å². The number of pyridine rings is 1. The molecule has 2 aromatic rings. The molecule has 0 saturated carbocycles. The number of rotatable bonds is 6. The first-order chi connectivity index (χ1) is 10.2. The Bertz CT molecular complexity index is 607. The van der Waals surface area contributed by atoms with Crippen LogP contribution in [-0.2, 0) is 0 Å². The van der Waals surface area contributed by atoms with Crippen molar-refractivity contribution < 1.29 is 9.13 Å². The minimum atomic E-state index is -0.249. The van der Waals surface area contributed by atoms with Crippen LogP contribution < -0.4 is 10.1 Å². The van der Waals surface area contributed by atoms with Gasteiger partial charge >= 0.3 is 0 Å². The third-order valence-corrected chi connectivity index (χ3v) is 3.67. The molecule has 1 heterocycles. The van der Waals surface area contributed by atoms with Gasteiger partial charge in [-0.2, -0.15) is 0 Å². The predicted molar refractivity (Wildman–Crippen MR) is 85.0 cm³/mol. The summed E-state index contributed by atoms with van der Waals surface area (Å²) in [4.78, 5) is 4.16. The van der Waals surface area contributed by atoms with Crippen molar-refractivity contribution in [3.8, 4) is 5.75 Å². The summed E-state index contributed by atoms with van der Waals surface area (Å²) in [5.41, 5.74) is 1.48. The zero-order valence-electron chi connectivity index (χ0n) is 12.1. The second-order valence-corrected chi connectivity index (χ2v) is 5.63. The number of benzene rings is 1. The van der Waals surface area contributed by atoms with E-state index in [0.29, 0.717) is 11.3 Å². The van der Waals surface area contributed by atoms with Gasteiger partial charge in [0, 0.05) is 16.2 Å². The molecule has 21 heavy (non-hydrogen) atoms. The van der Waals surface area contributed by atoms with Crippen molar-refractivity contribution in [2.75, 3.05) is 13.7 Å². The summed E-state index contributed by atoms with van der Waals surface area (Å²) in [5, 5.41) is 3.36. The summed E-state index contributed by atoms with van der Waals surface area (Å²) in [5.74, 6) is 0.411. The number of nitrogens with one attached hydrogen (secondary N) is 1. The third kappa shape index (κ3) is 4.02. The van der Waals surface area contributed by atoms with Crippen LogP contribution in [-0.4, -0.2) is 18.6 Å². The van der Waals surface area contributed by atoms with Gasteiger partial charge in [-0.25, -0.2) is 4.39 Å². The fourth-order valence-electron chi connectivity index (χ4n) is 2.14. The molecule has 1 aromatic carbocycles. The van der Waals surface area contributed by atoms with Gasteiger partial charge in [-0.15, -0.1) is 0 Å². The minimum absolute atomic E-state index is 0.249. The number of halogens is 2. The van der Waals surface area contributed by atoms with E-state index in [2.05, 4.69) is 33.2 Å². The Morgan fingerprint density at radius 2 is 2.14 bits per heavy atom. The zero-order valence-corrected chi connectivity index (χ0v) is 13.7. The highest BCUT2D eigenvalue weighted by Gasteiger charge is 2.18. The fraction of sp³-hybridized carbons (Fsp3) is 0.312. The Labute approximate surface area is 132 Å². The van der Waals surface area contributed by atoms with E-state index in [4.69, 9.17) is 4.74 Å². The van der Waals surface area contributed by atoms with Crippen molar-refractivity contribution in [3.63, 3.8) is 0 Å². The van der Waals surface area contributed by atoms with Crippen molar-refractivity contribution >= 4 is 15.9 Å². The highest BCUT2D eigenvalue weighted by Crippen LogP contribution is 2.28. The van der Waals surface area contributed by atoms with Crippen LogP contribution >= 0.6 is 15.9 Å². The predicted octanol–water partition coefficient (Wildman–Crippen LogP) is 4.08. The molecule has 0 spiro atoms. The van der Waals surface area contributed by atoms with E-state index in [1.807, 2.05) is 12.1 Å². The average molecular weight is 353 g/mol. The van der Waals surface area contributed by atoms with Crippen LogP contribution in [0.4, 0.5) is 4.39 Å². The first-order valence-corrected chi connectivity index (χ1v) is 7.62. The molecule has 0 aliphatic heterocycles. The first kappa shape index (κ1) is 15.9. The molecule has 112 valence electrons. The summed E-state index contributed by atoms with van der Waals surface area (Å²) in [6.45, 7) is 2.86. The number of hydrogen-bond donors (Lipinski definition) is 1. The minimum Gasteiger partial charge on any atom is -0.495 e. The van der Waals surface area contributed by atoms with Crippen LogP contribution in [0.15, 0.2) is 41.1 Å². The molecule has 0 saturated heterocycles. The lowest BCUT2D eigenvalue weighted by Gasteiger charge is -2.20. The SMILES string of the molecule is CCCNC(c1cncc(OC)c1)c1ccc(Br)cc1F. The molecule has 1 aromatic heterocycles. The Balaban J connectivity index is 2.41. The Kier molecular flexibility index (Phi) is 5.70. The van der Waals surface area contributed by atoms with Crippen LogP contribution in [0.3, 0.4) is 0 Å². The Morgan fingerprint density at radius 1 is 1.33 bits per heavy atom. The number of aromatic nitrogens is 1. The smallest absolute Gasteiger partial charge is 0.137 e. The maximum absolute atomic E-state index is 14.3. The molecule has 1 atom stereocenters. The summed E-state index contributed by atoms with van der Waals surface area (Å²) in [6, 6.07) is 6.73. The highest BCUT2D eigenvalue weighted by atomic mass is 79.9. The van der Waals surface area contributed by atoms with Gasteiger partial charge < -0.3 is 10.1 Å². The molecule has 0 fully saturated rings. The van der Waals surface area contributed by atoms with Gasteiger partial charge in [0.05, 0.1) is 19.3 Å². The van der Waals surface area contributed by atoms with Gasteiger partial charge in [-0.1, -0.05) is 28.9 Å². The number of hydrogen-bond acceptors (Lipinski definition) is 3. The molecule has 1 unspecified atom stereocenters. The lowest BCUT2D eigenvalue weighted by atomic mass is 9.99. The second-order valence-electron chi connectivity index (χ2n) is 4.71. The van der Waals surface area contributed by atoms with Gasteiger partial charge in [0.15, 0.2) is 0 Å². The van der Waals surface area contributed by atoms with Crippen molar-refractivity contribution in [1.82, 2.24) is 10.3 Å². The molecule has 2 rings (SSSR count). The molecule has 0 radical (unpaired) electrons. The quantitative estimate of drug-likeness (QED) is 0.850. The molecule has 1 N–H and O–H groups in total. The number of methoxy groups -OCH3 is 1. The molecular formula is C16H18BrFN2O. The van der Waals surface area contributed by atoms with E-state index in [0.717, 1.165) is 23.0 Å². The number of nitrogens with zero attached hydrogens (tertiary/aromatic N) is 1. The van der Waals surface area contributed by atoms with Gasteiger partial charge in [-0.3, -0.25) is 4.98 Å². The van der Waals surface area contributed by atoms with E-state index in [-0.39, 0.29) is 11.9 Å². The highest BCUT2D eigenvalue weighted by molar-refractivity contribution is 9.10. The summed E-state index contributed by atoms with van der Waals surface area (Å²) in [6.07, 6.45) is 4.34. The van der Waals surface area contributed by atoms with Gasteiger partial charge in [0.2, 0.25) is 0 Å². The molecule has 3 nitrogen and oxygen atoms in total. The largest absolute Gasteiger partial charge is 0.495 e. The van der Waals surface area contributed by atoms with Gasteiger partial charge in [0.25, 0.3) is 0 Å². The molecule has 5 heteroatoms. The fourth-order valence-corrected chi connectivity index (χ4v) is 2.47. The lowest BCUT2D eigenvalue weighted by Crippen LogP contribution is -2.24. The first-order valence-electron chi connectivity index (χ1n) is 6.83. The van der Waals surface area contributed by atoms with Crippen molar-refractivity contribution in [2.45, 2.75) is 19.4 Å². The third-order valence-electron chi connectivity index (χ3n) is 3.18. The normalized spacial score (nSPS) is 12.2. The van der Waals surface area contributed by atoms with E-state index in [1.165, 1.54) is 6.07 Å². The molecule has 0 aliphatic carbocycles. The van der Waals surface area contributed by atoms with Crippen LogP contribution in [0.25, 0.3) is 0 Å². The van der Waals surface area contributed by atoms with E-state index < -0.39 is 0 Å². The Morgan fingerprint density at radius 3 is 2.81 bits per heavy atom. The van der Waals surface area contributed by atoms with Crippen LogP contribution in [0.5, 0.6) is 5.75 Å². The van der Waals surface area contributed by atoms with Crippen molar-refractivity contribution in [1.29, 1.82) is 0 Å². The molecule has 0 amide bonds. The standard InChI is InChI=1S/C16H18BrFN2O/c1-3-6-20-16(11-7-13(21-2)10-19-9-11)14-5-4-12(17)8-15(14)18/h4-5,7-10,16,20H,3,6H2,1-2H3. The van der Waals surface area contributed by atoms with E-state index >= 15 is 0 Å². The molecule has 0 aliphatic rings. The maximum atomic E-state index is 14.3. The van der Waals surface area contributed by atoms with Gasteiger partial charge in [-0.05, 0) is 36.7 Å². The average Bonchev–Trinajstić information content (AvgIpc) is 2.49. The van der Waals surface area contributed by atoms with Crippen LogP contribution in [0.1, 0.15) is 30.5 Å². The topological polar surface area (TPSA) is 34.2 Å². The second kappa shape index (κ2) is 7.52. The molecular weight excluding hydrogens is 335 g/mol.